The van der Waals surface area contributed by atoms with Crippen LogP contribution in [0.15, 0.2) is 35.8 Å². The Morgan fingerprint density at radius 3 is 2.90 bits per heavy atom. The van der Waals surface area contributed by atoms with Crippen LogP contribution in [-0.2, 0) is 13.0 Å². The molecule has 3 aromatic rings. The van der Waals surface area contributed by atoms with Crippen molar-refractivity contribution in [3.05, 3.63) is 52.7 Å². The lowest BCUT2D eigenvalue weighted by Gasteiger charge is -2.19. The number of anilines is 1. The Kier molecular flexibility index (Phi) is 3.94. The topological polar surface area (TPSA) is 46.6 Å². The molecule has 1 aromatic carbocycles. The van der Waals surface area contributed by atoms with E-state index in [0.29, 0.717) is 6.54 Å². The van der Waals surface area contributed by atoms with Gasteiger partial charge in [-0.05, 0) is 24.6 Å². The molecule has 2 heterocycles. The fourth-order valence-electron chi connectivity index (χ4n) is 2.61. The third kappa shape index (κ3) is 2.66. The number of benzene rings is 1. The quantitative estimate of drug-likeness (QED) is 0.788. The summed E-state index contributed by atoms with van der Waals surface area (Å²) < 4.78 is 2.15. The van der Waals surface area contributed by atoms with Crippen LogP contribution in [0.5, 0.6) is 0 Å². The van der Waals surface area contributed by atoms with Crippen molar-refractivity contribution in [2.75, 3.05) is 18.5 Å². The molecule has 0 atom stereocenters. The maximum atomic E-state index is 5.77. The smallest absolute Gasteiger partial charge is 0.195 e. The lowest BCUT2D eigenvalue weighted by Crippen LogP contribution is -2.20. The lowest BCUT2D eigenvalue weighted by molar-refractivity contribution is 0.855. The molecule has 0 amide bonds. The Morgan fingerprint density at radius 2 is 2.14 bits per heavy atom. The van der Waals surface area contributed by atoms with E-state index in [-0.39, 0.29) is 0 Å². The van der Waals surface area contributed by atoms with Gasteiger partial charge in [-0.25, -0.2) is 4.98 Å². The number of aromatic nitrogens is 2. The first-order chi connectivity index (χ1) is 10.2. The van der Waals surface area contributed by atoms with Gasteiger partial charge in [-0.2, -0.15) is 0 Å². The van der Waals surface area contributed by atoms with Crippen molar-refractivity contribution in [2.24, 2.45) is 5.73 Å². The Hall–Kier alpha value is -1.85. The van der Waals surface area contributed by atoms with Gasteiger partial charge in [0.25, 0.3) is 0 Å². The summed E-state index contributed by atoms with van der Waals surface area (Å²) in [7, 11) is 2.10. The number of thiazole rings is 1. The number of imidazole rings is 1. The molecule has 0 saturated heterocycles. The summed E-state index contributed by atoms with van der Waals surface area (Å²) in [6, 6.07) is 8.48. The minimum absolute atomic E-state index is 0.634. The molecule has 5 heteroatoms. The summed E-state index contributed by atoms with van der Waals surface area (Å²) in [5, 5.41) is 2.06. The first kappa shape index (κ1) is 14.1. The van der Waals surface area contributed by atoms with Gasteiger partial charge in [-0.15, -0.1) is 11.3 Å². The Labute approximate surface area is 128 Å². The first-order valence-electron chi connectivity index (χ1n) is 7.11. The van der Waals surface area contributed by atoms with E-state index in [9.17, 15) is 0 Å². The van der Waals surface area contributed by atoms with E-state index in [1.807, 2.05) is 0 Å². The molecule has 4 nitrogen and oxygen atoms in total. The van der Waals surface area contributed by atoms with E-state index in [1.54, 1.807) is 11.3 Å². The number of hydrogen-bond donors (Lipinski definition) is 1. The Bertz CT molecular complexity index is 744. The predicted octanol–water partition coefficient (Wildman–Crippen LogP) is 2.84. The van der Waals surface area contributed by atoms with Crippen LogP contribution < -0.4 is 10.6 Å². The highest BCUT2D eigenvalue weighted by Gasteiger charge is 2.16. The van der Waals surface area contributed by atoms with Crippen LogP contribution in [0.2, 0.25) is 0 Å². The largest absolute Gasteiger partial charge is 0.354 e. The van der Waals surface area contributed by atoms with Gasteiger partial charge in [0.1, 0.15) is 0 Å². The van der Waals surface area contributed by atoms with Crippen molar-refractivity contribution < 1.29 is 0 Å². The zero-order chi connectivity index (χ0) is 14.8. The summed E-state index contributed by atoms with van der Waals surface area (Å²) in [6.45, 7) is 3.64. The molecule has 0 aliphatic heterocycles. The van der Waals surface area contributed by atoms with E-state index >= 15 is 0 Å². The number of nitrogens with two attached hydrogens (primary N) is 1. The molecule has 21 heavy (non-hydrogen) atoms. The molecule has 0 aliphatic rings. The SMILES string of the molecule is Cc1ccccc1CN(C)c1nc2sccn2c1CCN. The second-order valence-corrected chi connectivity index (χ2v) is 6.13. The van der Waals surface area contributed by atoms with E-state index in [4.69, 9.17) is 10.7 Å². The van der Waals surface area contributed by atoms with Crippen molar-refractivity contribution in [1.29, 1.82) is 0 Å². The minimum Gasteiger partial charge on any atom is -0.354 e. The highest BCUT2D eigenvalue weighted by Crippen LogP contribution is 2.25. The summed E-state index contributed by atoms with van der Waals surface area (Å²) in [5.41, 5.74) is 9.61. The fourth-order valence-corrected chi connectivity index (χ4v) is 3.34. The number of fused-ring (bicyclic) bond motifs is 1. The molecular weight excluding hydrogens is 280 g/mol. The van der Waals surface area contributed by atoms with Gasteiger partial charge in [-0.1, -0.05) is 24.3 Å². The van der Waals surface area contributed by atoms with E-state index in [2.05, 4.69) is 59.1 Å². The van der Waals surface area contributed by atoms with Gasteiger partial charge in [0.05, 0.1) is 5.69 Å². The molecule has 0 aliphatic carbocycles. The third-order valence-electron chi connectivity index (χ3n) is 3.75. The molecular formula is C16H20N4S. The average Bonchev–Trinajstić information content (AvgIpc) is 3.04. The van der Waals surface area contributed by atoms with Gasteiger partial charge in [0.2, 0.25) is 0 Å². The van der Waals surface area contributed by atoms with Crippen LogP contribution in [0.3, 0.4) is 0 Å². The molecule has 2 N–H and O–H groups in total. The molecule has 3 rings (SSSR count). The van der Waals surface area contributed by atoms with E-state index in [1.165, 1.54) is 16.8 Å². The Morgan fingerprint density at radius 1 is 1.33 bits per heavy atom. The predicted molar refractivity (Wildman–Crippen MR) is 89.1 cm³/mol. The summed E-state index contributed by atoms with van der Waals surface area (Å²) in [5.74, 6) is 1.04. The van der Waals surface area contributed by atoms with Crippen molar-refractivity contribution in [1.82, 2.24) is 9.38 Å². The zero-order valence-corrected chi connectivity index (χ0v) is 13.2. The van der Waals surface area contributed by atoms with Gasteiger partial charge in [0.15, 0.2) is 10.8 Å². The molecule has 0 fully saturated rings. The van der Waals surface area contributed by atoms with Gasteiger partial charge in [-0.3, -0.25) is 4.40 Å². The van der Waals surface area contributed by atoms with Gasteiger partial charge >= 0.3 is 0 Å². The molecule has 110 valence electrons. The van der Waals surface area contributed by atoms with Gasteiger partial charge < -0.3 is 10.6 Å². The second-order valence-electron chi connectivity index (χ2n) is 5.26. The first-order valence-corrected chi connectivity index (χ1v) is 7.99. The van der Waals surface area contributed by atoms with Crippen molar-refractivity contribution >= 4 is 22.1 Å². The monoisotopic (exact) mass is 300 g/mol. The molecule has 0 saturated carbocycles. The maximum Gasteiger partial charge on any atom is 0.195 e. The number of hydrogen-bond acceptors (Lipinski definition) is 4. The summed E-state index contributed by atoms with van der Waals surface area (Å²) >= 11 is 1.66. The zero-order valence-electron chi connectivity index (χ0n) is 12.4. The molecule has 0 unspecified atom stereocenters. The number of nitrogens with zero attached hydrogens (tertiary/aromatic N) is 3. The van der Waals surface area contributed by atoms with Crippen molar-refractivity contribution in [2.45, 2.75) is 19.9 Å². The van der Waals surface area contributed by atoms with Crippen LogP contribution in [0, 0.1) is 6.92 Å². The van der Waals surface area contributed by atoms with Crippen molar-refractivity contribution in [3.8, 4) is 0 Å². The number of rotatable bonds is 5. The third-order valence-corrected chi connectivity index (χ3v) is 4.51. The highest BCUT2D eigenvalue weighted by atomic mass is 32.1. The van der Waals surface area contributed by atoms with Crippen molar-refractivity contribution in [3.63, 3.8) is 0 Å². The molecule has 0 bridgehead atoms. The summed E-state index contributed by atoms with van der Waals surface area (Å²) in [4.78, 5) is 8.02. The fraction of sp³-hybridized carbons (Fsp3) is 0.312. The van der Waals surface area contributed by atoms with E-state index in [0.717, 1.165) is 23.7 Å². The molecule has 0 spiro atoms. The average molecular weight is 300 g/mol. The van der Waals surface area contributed by atoms with Gasteiger partial charge in [0, 0.05) is 31.6 Å². The van der Waals surface area contributed by atoms with Crippen LogP contribution in [0.1, 0.15) is 16.8 Å². The summed E-state index contributed by atoms with van der Waals surface area (Å²) in [6.07, 6.45) is 2.91. The molecule has 0 radical (unpaired) electrons. The Balaban J connectivity index is 1.93. The lowest BCUT2D eigenvalue weighted by atomic mass is 10.1. The molecule has 2 aromatic heterocycles. The number of aryl methyl sites for hydroxylation is 1. The van der Waals surface area contributed by atoms with Crippen LogP contribution >= 0.6 is 11.3 Å². The minimum atomic E-state index is 0.634. The maximum absolute atomic E-state index is 5.77. The van der Waals surface area contributed by atoms with Crippen LogP contribution in [-0.4, -0.2) is 23.0 Å². The van der Waals surface area contributed by atoms with Crippen LogP contribution in [0.4, 0.5) is 5.82 Å². The highest BCUT2D eigenvalue weighted by molar-refractivity contribution is 7.15. The standard InChI is InChI=1S/C16H20N4S/c1-12-5-3-4-6-13(12)11-19(2)15-14(7-8-17)20-9-10-21-16(20)18-15/h3-6,9-10H,7-8,11,17H2,1-2H3. The normalized spacial score (nSPS) is 11.2. The van der Waals surface area contributed by atoms with E-state index < -0.39 is 0 Å². The van der Waals surface area contributed by atoms with Crippen LogP contribution in [0.25, 0.3) is 4.96 Å². The second kappa shape index (κ2) is 5.87.